The van der Waals surface area contributed by atoms with Crippen LogP contribution in [0.25, 0.3) is 10.9 Å². The van der Waals surface area contributed by atoms with Crippen molar-refractivity contribution < 1.29 is 14.3 Å². The molecule has 46 heavy (non-hydrogen) atoms. The van der Waals surface area contributed by atoms with Crippen LogP contribution in [0, 0.1) is 19.7 Å². The number of carboxylic acid groups (broad SMARTS) is 1. The summed E-state index contributed by atoms with van der Waals surface area (Å²) < 4.78 is 18.2. The number of carbonyl (C=O) groups is 1. The van der Waals surface area contributed by atoms with Gasteiger partial charge in [0.15, 0.2) is 0 Å². The summed E-state index contributed by atoms with van der Waals surface area (Å²) in [6, 6.07) is 10.3. The van der Waals surface area contributed by atoms with E-state index in [9.17, 15) is 24.3 Å². The number of H-pyrrole nitrogens is 1. The molecule has 242 valence electrons. The number of halogens is 1. The van der Waals surface area contributed by atoms with Crippen LogP contribution < -0.4 is 22.0 Å². The average molecular weight is 631 g/mol. The minimum atomic E-state index is -1.30. The Labute approximate surface area is 264 Å². The second-order valence-corrected chi connectivity index (χ2v) is 12.5. The largest absolute Gasteiger partial charge is 0.477 e. The fourth-order valence-electron chi connectivity index (χ4n) is 6.13. The van der Waals surface area contributed by atoms with Crippen LogP contribution in [0.15, 0.2) is 57.0 Å². The number of hydrogen-bond acceptors (Lipinski definition) is 7. The fourth-order valence-corrected chi connectivity index (χ4v) is 6.13. The number of anilines is 2. The Morgan fingerprint density at radius 1 is 0.957 bits per heavy atom. The maximum atomic E-state index is 15.2. The lowest BCUT2D eigenvalue weighted by molar-refractivity contribution is 0.0695. The first-order chi connectivity index (χ1) is 22.1. The van der Waals surface area contributed by atoms with E-state index in [4.69, 9.17) is 0 Å². The van der Waals surface area contributed by atoms with Crippen molar-refractivity contribution in [3.8, 4) is 0 Å². The third-order valence-electron chi connectivity index (χ3n) is 9.14. The van der Waals surface area contributed by atoms with E-state index in [2.05, 4.69) is 20.1 Å². The first-order valence-corrected chi connectivity index (χ1v) is 15.8. The van der Waals surface area contributed by atoms with Gasteiger partial charge in [-0.15, -0.1) is 0 Å². The molecule has 3 heterocycles. The molecule has 1 aliphatic carbocycles. The van der Waals surface area contributed by atoms with Crippen molar-refractivity contribution in [3.63, 3.8) is 0 Å². The first kappa shape index (κ1) is 31.4. The Balaban J connectivity index is 1.00. The van der Waals surface area contributed by atoms with Gasteiger partial charge in [0.25, 0.3) is 5.56 Å². The third kappa shape index (κ3) is 6.82. The number of aryl methyl sites for hydroxylation is 2. The van der Waals surface area contributed by atoms with Gasteiger partial charge in [0, 0.05) is 74.2 Å². The summed E-state index contributed by atoms with van der Waals surface area (Å²) >= 11 is 0. The normalized spacial score (nSPS) is 15.8. The van der Waals surface area contributed by atoms with Gasteiger partial charge in [-0.05, 0) is 81.5 Å². The highest BCUT2D eigenvalue weighted by Gasteiger charge is 2.28. The summed E-state index contributed by atoms with van der Waals surface area (Å²) in [5.74, 6) is -1.45. The summed E-state index contributed by atoms with van der Waals surface area (Å²) in [7, 11) is 0. The lowest BCUT2D eigenvalue weighted by Crippen LogP contribution is -2.46. The van der Waals surface area contributed by atoms with Crippen LogP contribution in [0.1, 0.15) is 58.8 Å². The van der Waals surface area contributed by atoms with E-state index in [1.165, 1.54) is 22.9 Å². The quantitative estimate of drug-likeness (QED) is 0.212. The molecule has 0 amide bonds. The molecule has 2 aromatic carbocycles. The molecular weight excluding hydrogens is 591 g/mol. The maximum Gasteiger partial charge on any atom is 0.341 e. The topological polar surface area (TPSA) is 133 Å². The molecule has 1 aliphatic heterocycles. The summed E-state index contributed by atoms with van der Waals surface area (Å²) in [6.07, 6.45) is 4.71. The van der Waals surface area contributed by atoms with Crippen molar-refractivity contribution in [2.24, 2.45) is 0 Å². The van der Waals surface area contributed by atoms with E-state index in [1.807, 2.05) is 36.6 Å². The Bertz CT molecular complexity index is 1940. The molecule has 0 radical (unpaired) electrons. The number of benzene rings is 2. The molecule has 1 saturated heterocycles. The maximum absolute atomic E-state index is 15.2. The van der Waals surface area contributed by atoms with Gasteiger partial charge in [0.05, 0.1) is 5.52 Å². The predicted molar refractivity (Wildman–Crippen MR) is 175 cm³/mol. The average Bonchev–Trinajstić information content (AvgIpc) is 3.85. The van der Waals surface area contributed by atoms with Crippen LogP contribution in [-0.4, -0.2) is 67.7 Å². The molecule has 0 atom stereocenters. The van der Waals surface area contributed by atoms with Crippen molar-refractivity contribution >= 4 is 28.4 Å². The minimum absolute atomic E-state index is 0.104. The number of pyridine rings is 1. The first-order valence-electron chi connectivity index (χ1n) is 15.8. The van der Waals surface area contributed by atoms with E-state index in [-0.39, 0.29) is 22.6 Å². The van der Waals surface area contributed by atoms with Crippen molar-refractivity contribution in [2.45, 2.75) is 58.7 Å². The highest BCUT2D eigenvalue weighted by atomic mass is 19.1. The van der Waals surface area contributed by atoms with Gasteiger partial charge < -0.3 is 19.9 Å². The molecule has 1 saturated carbocycles. The monoisotopic (exact) mass is 630 g/mol. The number of nitrogens with one attached hydrogen (secondary N) is 2. The number of nitrogens with zero attached hydrogens (tertiary/aromatic N) is 4. The number of aromatic nitrogens is 3. The van der Waals surface area contributed by atoms with Gasteiger partial charge >= 0.3 is 11.7 Å². The molecule has 0 unspecified atom stereocenters. The SMILES string of the molecule is Cc1ccc(Nc2cc(=O)n(CCCCN3CCN(Cc4cc5c(cc4F)c(=O)c(C(=O)O)cn5C4CC4)CC3)c(=O)[nH]2)cc1C. The number of piperazine rings is 1. The zero-order valence-electron chi connectivity index (χ0n) is 26.1. The zero-order chi connectivity index (χ0) is 32.5. The molecule has 4 aromatic rings. The fraction of sp³-hybridized carbons (Fsp3) is 0.412. The van der Waals surface area contributed by atoms with Crippen LogP contribution in [0.5, 0.6) is 0 Å². The van der Waals surface area contributed by atoms with Crippen molar-refractivity contribution in [3.05, 3.63) is 102 Å². The molecule has 6 rings (SSSR count). The second-order valence-electron chi connectivity index (χ2n) is 12.5. The molecule has 3 N–H and O–H groups in total. The third-order valence-corrected chi connectivity index (χ3v) is 9.14. The Morgan fingerprint density at radius 3 is 2.35 bits per heavy atom. The van der Waals surface area contributed by atoms with Crippen molar-refractivity contribution in [2.75, 3.05) is 38.0 Å². The number of carboxylic acids is 1. The smallest absolute Gasteiger partial charge is 0.341 e. The van der Waals surface area contributed by atoms with E-state index in [0.717, 1.165) is 68.8 Å². The number of aromatic amines is 1. The number of hydrogen-bond donors (Lipinski definition) is 3. The number of rotatable bonds is 11. The molecule has 11 nitrogen and oxygen atoms in total. The lowest BCUT2D eigenvalue weighted by atomic mass is 10.1. The van der Waals surface area contributed by atoms with Crippen LogP contribution in [0.4, 0.5) is 15.9 Å². The van der Waals surface area contributed by atoms with Gasteiger partial charge in [-0.25, -0.2) is 14.0 Å². The van der Waals surface area contributed by atoms with Gasteiger partial charge in [0.2, 0.25) is 5.43 Å². The zero-order valence-corrected chi connectivity index (χ0v) is 26.1. The van der Waals surface area contributed by atoms with Crippen LogP contribution in [-0.2, 0) is 13.1 Å². The van der Waals surface area contributed by atoms with Gasteiger partial charge in [-0.3, -0.25) is 24.0 Å². The Kier molecular flexibility index (Phi) is 8.92. The predicted octanol–water partition coefficient (Wildman–Crippen LogP) is 3.98. The van der Waals surface area contributed by atoms with Gasteiger partial charge in [-0.2, -0.15) is 0 Å². The van der Waals surface area contributed by atoms with Gasteiger partial charge in [-0.1, -0.05) is 6.07 Å². The number of fused-ring (bicyclic) bond motifs is 1. The van der Waals surface area contributed by atoms with Crippen LogP contribution >= 0.6 is 0 Å². The van der Waals surface area contributed by atoms with Gasteiger partial charge in [0.1, 0.15) is 17.2 Å². The summed E-state index contributed by atoms with van der Waals surface area (Å²) in [5, 5.41) is 12.7. The molecular formula is C34H39FN6O5. The molecule has 2 fully saturated rings. The Hall–Kier alpha value is -4.55. The summed E-state index contributed by atoms with van der Waals surface area (Å²) in [5.41, 5.74) is 2.37. The highest BCUT2D eigenvalue weighted by molar-refractivity contribution is 5.92. The molecule has 0 spiro atoms. The molecule has 0 bridgehead atoms. The van der Waals surface area contributed by atoms with Crippen LogP contribution in [0.3, 0.4) is 0 Å². The molecule has 2 aliphatic rings. The molecule has 12 heteroatoms. The second kappa shape index (κ2) is 13.1. The molecule has 2 aromatic heterocycles. The number of unbranched alkanes of at least 4 members (excludes halogenated alkanes) is 1. The lowest BCUT2D eigenvalue weighted by Gasteiger charge is -2.34. The highest BCUT2D eigenvalue weighted by Crippen LogP contribution is 2.37. The summed E-state index contributed by atoms with van der Waals surface area (Å²) in [4.78, 5) is 57.0. The van der Waals surface area contributed by atoms with Crippen molar-refractivity contribution in [1.29, 1.82) is 0 Å². The van der Waals surface area contributed by atoms with Crippen LogP contribution in [0.2, 0.25) is 0 Å². The van der Waals surface area contributed by atoms with E-state index < -0.39 is 22.9 Å². The Morgan fingerprint density at radius 2 is 1.67 bits per heavy atom. The van der Waals surface area contributed by atoms with E-state index >= 15 is 4.39 Å². The van der Waals surface area contributed by atoms with Crippen molar-refractivity contribution in [1.82, 2.24) is 23.9 Å². The minimum Gasteiger partial charge on any atom is -0.477 e. The van der Waals surface area contributed by atoms with E-state index in [1.54, 1.807) is 6.07 Å². The van der Waals surface area contributed by atoms with E-state index in [0.29, 0.717) is 36.4 Å². The summed E-state index contributed by atoms with van der Waals surface area (Å²) in [6.45, 7) is 8.70. The standard InChI is InChI=1S/C34H39FN6O5/c1-21-5-6-24(15-22(21)2)36-30-18-31(42)40(34(46)37-30)10-4-3-9-38-11-13-39(14-12-38)19-23-16-29-26(17-28(23)35)32(43)27(33(44)45)20-41(29)25-7-8-25/h5-6,15-18,20,25,36H,3-4,7-14,19H2,1-2H3,(H,37,46)(H,44,45). The number of aromatic carboxylic acids is 1.